The molecular formula is C9H14N4O8. The van der Waals surface area contributed by atoms with E-state index >= 15 is 0 Å². The van der Waals surface area contributed by atoms with E-state index < -0.39 is 43.2 Å². The zero-order chi connectivity index (χ0) is 16.2. The smallest absolute Gasteiger partial charge is 0.450 e. The van der Waals surface area contributed by atoms with Gasteiger partial charge in [0, 0.05) is 0 Å². The summed E-state index contributed by atoms with van der Waals surface area (Å²) >= 11 is 0. The Morgan fingerprint density at radius 2 is 1.90 bits per heavy atom. The number of aromatic nitrogens is 3. The summed E-state index contributed by atoms with van der Waals surface area (Å²) in [6, 6.07) is 0. The van der Waals surface area contributed by atoms with Crippen LogP contribution in [-0.2, 0) is 4.74 Å². The minimum absolute atomic E-state index is 0.220. The molecule has 2 heterocycles. The predicted molar refractivity (Wildman–Crippen MR) is 62.2 cm³/mol. The highest BCUT2D eigenvalue weighted by Crippen LogP contribution is 2.28. The van der Waals surface area contributed by atoms with E-state index in [4.69, 9.17) is 30.6 Å². The Kier molecular flexibility index (Phi) is 5.54. The SMILES string of the molecule is NC(=O)c1ncn([C@@H]2O[C@H](CO)[C@@H](O)[C@H]2O)n1.O=C(O)O. The number of aliphatic hydroxyl groups excluding tert-OH is 3. The lowest BCUT2D eigenvalue weighted by Gasteiger charge is -2.13. The third-order valence-electron chi connectivity index (χ3n) is 2.51. The molecular weight excluding hydrogens is 292 g/mol. The third kappa shape index (κ3) is 4.09. The van der Waals surface area contributed by atoms with Crippen molar-refractivity contribution in [2.75, 3.05) is 6.61 Å². The van der Waals surface area contributed by atoms with E-state index in [2.05, 4.69) is 10.1 Å². The van der Waals surface area contributed by atoms with Gasteiger partial charge in [-0.3, -0.25) is 4.79 Å². The summed E-state index contributed by atoms with van der Waals surface area (Å²) in [5, 5.41) is 45.7. The molecule has 2 rings (SSSR count). The van der Waals surface area contributed by atoms with Gasteiger partial charge in [-0.1, -0.05) is 0 Å². The maximum Gasteiger partial charge on any atom is 0.503 e. The van der Waals surface area contributed by atoms with Crippen molar-refractivity contribution in [1.82, 2.24) is 14.8 Å². The van der Waals surface area contributed by atoms with Crippen LogP contribution in [0.4, 0.5) is 4.79 Å². The topological polar surface area (TPSA) is 201 Å². The number of primary amides is 1. The highest BCUT2D eigenvalue weighted by atomic mass is 16.6. The fourth-order valence-corrected chi connectivity index (χ4v) is 1.61. The average molecular weight is 306 g/mol. The Bertz CT molecular complexity index is 502. The van der Waals surface area contributed by atoms with Gasteiger partial charge >= 0.3 is 6.16 Å². The molecule has 0 spiro atoms. The third-order valence-corrected chi connectivity index (χ3v) is 2.51. The van der Waals surface area contributed by atoms with E-state index in [0.717, 1.165) is 11.0 Å². The molecule has 0 aromatic carbocycles. The molecule has 0 bridgehead atoms. The molecule has 1 amide bonds. The van der Waals surface area contributed by atoms with Crippen LogP contribution in [0.15, 0.2) is 6.33 Å². The normalized spacial score (nSPS) is 27.8. The number of rotatable bonds is 3. The zero-order valence-electron chi connectivity index (χ0n) is 10.5. The van der Waals surface area contributed by atoms with Crippen LogP contribution >= 0.6 is 0 Å². The molecule has 12 nitrogen and oxygen atoms in total. The summed E-state index contributed by atoms with van der Waals surface area (Å²) in [5.41, 5.74) is 4.97. The van der Waals surface area contributed by atoms with Crippen molar-refractivity contribution in [1.29, 1.82) is 0 Å². The largest absolute Gasteiger partial charge is 0.503 e. The van der Waals surface area contributed by atoms with Crippen LogP contribution < -0.4 is 5.73 Å². The summed E-state index contributed by atoms with van der Waals surface area (Å²) in [6.07, 6.45) is -5.10. The van der Waals surface area contributed by atoms with Gasteiger partial charge in [-0.25, -0.2) is 14.5 Å². The monoisotopic (exact) mass is 306 g/mol. The van der Waals surface area contributed by atoms with Crippen molar-refractivity contribution in [3.05, 3.63) is 12.2 Å². The molecule has 1 aromatic heterocycles. The summed E-state index contributed by atoms with van der Waals surface area (Å²) in [5.74, 6) is -1.03. The minimum Gasteiger partial charge on any atom is -0.450 e. The first-order valence-corrected chi connectivity index (χ1v) is 5.53. The predicted octanol–water partition coefficient (Wildman–Crippen LogP) is -2.79. The number of hydrogen-bond acceptors (Lipinski definition) is 8. The highest BCUT2D eigenvalue weighted by molar-refractivity contribution is 5.88. The van der Waals surface area contributed by atoms with Crippen LogP contribution in [0.5, 0.6) is 0 Å². The fraction of sp³-hybridized carbons (Fsp3) is 0.556. The molecule has 12 heteroatoms. The first-order chi connectivity index (χ1) is 9.77. The molecule has 0 unspecified atom stereocenters. The number of carboxylic acid groups (broad SMARTS) is 2. The van der Waals surface area contributed by atoms with Gasteiger partial charge in [0.25, 0.3) is 5.91 Å². The van der Waals surface area contributed by atoms with Crippen LogP contribution in [0.3, 0.4) is 0 Å². The molecule has 0 radical (unpaired) electrons. The van der Waals surface area contributed by atoms with Crippen molar-refractivity contribution in [3.63, 3.8) is 0 Å². The second kappa shape index (κ2) is 6.94. The molecule has 4 atom stereocenters. The minimum atomic E-state index is -1.83. The van der Waals surface area contributed by atoms with Crippen LogP contribution in [0.2, 0.25) is 0 Å². The van der Waals surface area contributed by atoms with E-state index in [9.17, 15) is 15.0 Å². The van der Waals surface area contributed by atoms with E-state index in [1.165, 1.54) is 0 Å². The van der Waals surface area contributed by atoms with Gasteiger partial charge in [0.05, 0.1) is 6.61 Å². The molecule has 1 aliphatic rings. The Labute approximate surface area is 117 Å². The van der Waals surface area contributed by atoms with Gasteiger partial charge in [-0.05, 0) is 0 Å². The zero-order valence-corrected chi connectivity index (χ0v) is 10.5. The van der Waals surface area contributed by atoms with Crippen LogP contribution in [-0.4, -0.2) is 77.3 Å². The van der Waals surface area contributed by atoms with Crippen molar-refractivity contribution < 1.29 is 39.9 Å². The first kappa shape index (κ1) is 16.8. The number of aliphatic hydroxyl groups is 3. The number of ether oxygens (including phenoxy) is 1. The van der Waals surface area contributed by atoms with E-state index in [1.807, 2.05) is 0 Å². The van der Waals surface area contributed by atoms with Crippen LogP contribution in [0.25, 0.3) is 0 Å². The van der Waals surface area contributed by atoms with Gasteiger partial charge in [-0.2, -0.15) is 0 Å². The average Bonchev–Trinajstić information content (AvgIpc) is 2.96. The molecule has 1 aromatic rings. The Morgan fingerprint density at radius 3 is 2.29 bits per heavy atom. The first-order valence-electron chi connectivity index (χ1n) is 5.53. The summed E-state index contributed by atoms with van der Waals surface area (Å²) in [4.78, 5) is 23.0. The lowest BCUT2D eigenvalue weighted by Crippen LogP contribution is -2.33. The second-order valence-electron chi connectivity index (χ2n) is 3.92. The van der Waals surface area contributed by atoms with Gasteiger partial charge in [-0.15, -0.1) is 5.10 Å². The molecule has 21 heavy (non-hydrogen) atoms. The van der Waals surface area contributed by atoms with Gasteiger partial charge in [0.2, 0.25) is 5.82 Å². The molecule has 7 N–H and O–H groups in total. The van der Waals surface area contributed by atoms with Crippen LogP contribution in [0.1, 0.15) is 16.8 Å². The van der Waals surface area contributed by atoms with E-state index in [1.54, 1.807) is 0 Å². The van der Waals surface area contributed by atoms with E-state index in [0.29, 0.717) is 0 Å². The van der Waals surface area contributed by atoms with Crippen molar-refractivity contribution >= 4 is 12.1 Å². The van der Waals surface area contributed by atoms with Crippen molar-refractivity contribution in [3.8, 4) is 0 Å². The quantitative estimate of drug-likeness (QED) is 0.339. The summed E-state index contributed by atoms with van der Waals surface area (Å²) in [7, 11) is 0. The standard InChI is InChI=1S/C8H12N4O5.CH2O3/c9-6(16)7-10-2-12(11-7)8-5(15)4(14)3(1-13)17-8;2-1(3)4/h2-5,8,13-15H,1H2,(H2,9,16);(H2,2,3,4)/t3-,4-,5-,8-;/m1./s1. The number of carbonyl (C=O) groups excluding carboxylic acids is 1. The molecule has 118 valence electrons. The summed E-state index contributed by atoms with van der Waals surface area (Å²) in [6.45, 7) is -0.438. The molecule has 0 saturated carbocycles. The number of amides is 1. The maximum absolute atomic E-state index is 10.8. The number of hydrogen-bond donors (Lipinski definition) is 6. The molecule has 0 aliphatic carbocycles. The highest BCUT2D eigenvalue weighted by Gasteiger charge is 2.43. The number of carbonyl (C=O) groups is 2. The molecule has 1 saturated heterocycles. The molecule has 1 fully saturated rings. The fourth-order valence-electron chi connectivity index (χ4n) is 1.61. The number of nitrogens with zero attached hydrogens (tertiary/aromatic N) is 3. The van der Waals surface area contributed by atoms with Gasteiger partial charge < -0.3 is 36.0 Å². The Balaban J connectivity index is 0.000000491. The Morgan fingerprint density at radius 1 is 1.33 bits per heavy atom. The van der Waals surface area contributed by atoms with Gasteiger partial charge in [0.1, 0.15) is 24.6 Å². The lowest BCUT2D eigenvalue weighted by molar-refractivity contribution is -0.0588. The number of nitrogens with two attached hydrogens (primary N) is 1. The van der Waals surface area contributed by atoms with E-state index in [-0.39, 0.29) is 5.82 Å². The van der Waals surface area contributed by atoms with Crippen LogP contribution in [0, 0.1) is 0 Å². The van der Waals surface area contributed by atoms with Crippen molar-refractivity contribution in [2.45, 2.75) is 24.5 Å². The Hall–Kier alpha value is -2.28. The van der Waals surface area contributed by atoms with Gasteiger partial charge in [0.15, 0.2) is 6.23 Å². The maximum atomic E-state index is 10.8. The lowest BCUT2D eigenvalue weighted by atomic mass is 10.1. The second-order valence-corrected chi connectivity index (χ2v) is 3.92. The molecule has 1 aliphatic heterocycles. The summed E-state index contributed by atoms with van der Waals surface area (Å²) < 4.78 is 6.25. The van der Waals surface area contributed by atoms with Crippen molar-refractivity contribution in [2.24, 2.45) is 5.73 Å².